The van der Waals surface area contributed by atoms with E-state index in [0.717, 1.165) is 12.6 Å². The molecule has 0 saturated carbocycles. The predicted octanol–water partition coefficient (Wildman–Crippen LogP) is 8.61. The molecule has 0 fully saturated rings. The van der Waals surface area contributed by atoms with Crippen LogP contribution in [0.1, 0.15) is 83.1 Å². The van der Waals surface area contributed by atoms with Crippen LogP contribution in [0, 0.1) is 0 Å². The second-order valence-corrected chi connectivity index (χ2v) is 25.2. The fourth-order valence-electron chi connectivity index (χ4n) is 4.68. The second-order valence-electron chi connectivity index (χ2n) is 12.4. The van der Waals surface area contributed by atoms with E-state index >= 15 is 0 Å². The number of fused-ring (bicyclic) bond motifs is 1. The van der Waals surface area contributed by atoms with Crippen LogP contribution in [0.5, 0.6) is 0 Å². The van der Waals surface area contributed by atoms with Gasteiger partial charge in [0.25, 0.3) is 0 Å². The Labute approximate surface area is 198 Å². The zero-order valence-corrected chi connectivity index (χ0v) is 26.0. The van der Waals surface area contributed by atoms with Crippen molar-refractivity contribution >= 4 is 51.1 Å². The van der Waals surface area contributed by atoms with E-state index in [0.29, 0.717) is 20.6 Å². The standard InChI is InChI=1S/C24H44ClGeN2P2/c1-21(2,3)29(22(4,5)6)17-27-19-15-13-14-16-20(19)28(26(27)25)18-30(23(7,8)9)24(10,11)12/h13-16H,17-18H2,1-12H3. The molecule has 0 atom stereocenters. The zero-order chi connectivity index (χ0) is 23.3. The van der Waals surface area contributed by atoms with Gasteiger partial charge in [-0.1, -0.05) is 0 Å². The number of rotatable bonds is 4. The summed E-state index contributed by atoms with van der Waals surface area (Å²) in [6.07, 6.45) is 2.22. The van der Waals surface area contributed by atoms with Crippen LogP contribution >= 0.6 is 25.9 Å². The van der Waals surface area contributed by atoms with Crippen molar-refractivity contribution in [2.24, 2.45) is 0 Å². The van der Waals surface area contributed by atoms with Crippen LogP contribution in [-0.4, -0.2) is 47.1 Å². The van der Waals surface area contributed by atoms with E-state index in [4.69, 9.17) is 10.0 Å². The van der Waals surface area contributed by atoms with Crippen LogP contribution in [0.4, 0.5) is 11.4 Å². The van der Waals surface area contributed by atoms with Crippen LogP contribution in [0.25, 0.3) is 0 Å². The minimum atomic E-state index is -2.13. The molecule has 30 heavy (non-hydrogen) atoms. The van der Waals surface area contributed by atoms with Crippen LogP contribution in [0.2, 0.25) is 0 Å². The fourth-order valence-corrected chi connectivity index (χ4v) is 19.6. The fraction of sp³-hybridized carbons (Fsp3) is 0.750. The molecule has 0 aromatic heterocycles. The molecule has 0 amide bonds. The number of nitrogens with zero attached hydrogens (tertiary/aromatic N) is 2. The molecule has 0 bridgehead atoms. The van der Waals surface area contributed by atoms with Crippen LogP contribution in [0.3, 0.4) is 0 Å². The molecular weight excluding hydrogens is 486 g/mol. The van der Waals surface area contributed by atoms with Crippen molar-refractivity contribution in [1.82, 2.24) is 0 Å². The Morgan fingerprint density at radius 1 is 0.633 bits per heavy atom. The Bertz CT molecular complexity index is 639. The summed E-state index contributed by atoms with van der Waals surface area (Å²) in [7, 11) is 6.98. The average molecular weight is 531 g/mol. The van der Waals surface area contributed by atoms with Crippen LogP contribution in [0.15, 0.2) is 24.3 Å². The Balaban J connectivity index is 2.44. The summed E-state index contributed by atoms with van der Waals surface area (Å²) in [6.45, 7) is 29.0. The Kier molecular flexibility index (Phi) is 8.07. The Morgan fingerprint density at radius 3 is 1.13 bits per heavy atom. The van der Waals surface area contributed by atoms with E-state index in [1.807, 2.05) is 0 Å². The van der Waals surface area contributed by atoms with E-state index in [1.165, 1.54) is 11.4 Å². The van der Waals surface area contributed by atoms with Crippen LogP contribution in [-0.2, 0) is 0 Å². The van der Waals surface area contributed by atoms with Gasteiger partial charge in [0.15, 0.2) is 0 Å². The average Bonchev–Trinajstić information content (AvgIpc) is 2.77. The van der Waals surface area contributed by atoms with Gasteiger partial charge >= 0.3 is 199 Å². The van der Waals surface area contributed by atoms with Gasteiger partial charge in [-0.2, -0.15) is 0 Å². The summed E-state index contributed by atoms with van der Waals surface area (Å²) in [5, 5.41) is 1.20. The minimum absolute atomic E-state index is 0.228. The van der Waals surface area contributed by atoms with E-state index in [9.17, 15) is 0 Å². The second kappa shape index (κ2) is 9.04. The first-order valence-corrected chi connectivity index (χ1v) is 18.8. The molecule has 1 aromatic carbocycles. The van der Waals surface area contributed by atoms with Gasteiger partial charge in [-0.15, -0.1) is 0 Å². The third-order valence-electron chi connectivity index (χ3n) is 5.71. The van der Waals surface area contributed by atoms with Gasteiger partial charge in [-0.05, 0) is 0 Å². The van der Waals surface area contributed by atoms with Crippen LogP contribution < -0.4 is 7.71 Å². The number of para-hydroxylation sites is 2. The normalized spacial score (nSPS) is 16.8. The molecule has 1 aliphatic rings. The van der Waals surface area contributed by atoms with E-state index in [2.05, 4.69) is 115 Å². The zero-order valence-electron chi connectivity index (χ0n) is 21.4. The Hall–Kier alpha value is 0.513. The van der Waals surface area contributed by atoms with Gasteiger partial charge in [-0.25, -0.2) is 0 Å². The topological polar surface area (TPSA) is 6.48 Å². The first-order valence-electron chi connectivity index (χ1n) is 11.1. The first-order chi connectivity index (χ1) is 13.3. The van der Waals surface area contributed by atoms with E-state index in [1.54, 1.807) is 0 Å². The monoisotopic (exact) mass is 531 g/mol. The van der Waals surface area contributed by atoms with E-state index < -0.39 is 13.9 Å². The maximum absolute atomic E-state index is 7.44. The summed E-state index contributed by atoms with van der Waals surface area (Å²) in [6, 6.07) is 8.98. The van der Waals surface area contributed by atoms with Crippen molar-refractivity contribution in [2.75, 3.05) is 20.3 Å². The van der Waals surface area contributed by atoms with Gasteiger partial charge in [0, 0.05) is 0 Å². The molecule has 0 spiro atoms. The molecule has 1 heterocycles. The summed E-state index contributed by atoms with van der Waals surface area (Å²) >= 11 is -2.13. The SMILES string of the molecule is CC(C)(C)P(C[N]1c2ccccc2[N](CP(C(C)(C)C)C(C)(C)C)[Ge]1[Cl])C(C)(C)C. The molecule has 0 aliphatic carbocycles. The molecule has 0 unspecified atom stereocenters. The number of hydrogen-bond donors (Lipinski definition) is 0. The molecule has 0 saturated heterocycles. The maximum atomic E-state index is 7.44. The number of benzene rings is 1. The molecule has 1 aliphatic heterocycles. The van der Waals surface area contributed by atoms with Gasteiger partial charge in [0.05, 0.1) is 0 Å². The van der Waals surface area contributed by atoms with E-state index in [-0.39, 0.29) is 15.8 Å². The van der Waals surface area contributed by atoms with Gasteiger partial charge in [0.1, 0.15) is 0 Å². The molecule has 0 N–H and O–H groups in total. The number of anilines is 2. The molecule has 1 aromatic rings. The van der Waals surface area contributed by atoms with Crippen molar-refractivity contribution in [3.05, 3.63) is 24.3 Å². The third-order valence-corrected chi connectivity index (χ3v) is 20.1. The van der Waals surface area contributed by atoms with Crippen molar-refractivity contribution in [1.29, 1.82) is 0 Å². The van der Waals surface area contributed by atoms with Crippen molar-refractivity contribution in [2.45, 2.75) is 104 Å². The molecule has 2 nitrogen and oxygen atoms in total. The summed E-state index contributed by atoms with van der Waals surface area (Å²) in [4.78, 5) is 0. The molecule has 2 rings (SSSR count). The summed E-state index contributed by atoms with van der Waals surface area (Å²) in [5.41, 5.74) is 2.75. The quantitative estimate of drug-likeness (QED) is 0.284. The summed E-state index contributed by atoms with van der Waals surface area (Å²) in [5.74, 6) is 0. The molecule has 1 radical (unpaired) electrons. The predicted molar refractivity (Wildman–Crippen MR) is 146 cm³/mol. The van der Waals surface area contributed by atoms with Gasteiger partial charge < -0.3 is 0 Å². The van der Waals surface area contributed by atoms with Crippen molar-refractivity contribution in [3.8, 4) is 0 Å². The van der Waals surface area contributed by atoms with Crippen molar-refractivity contribution < 1.29 is 0 Å². The first kappa shape index (κ1) is 26.8. The number of hydrogen-bond acceptors (Lipinski definition) is 2. The third kappa shape index (κ3) is 6.09. The molecular formula is C24H44ClGeN2P2. The molecule has 6 heteroatoms. The van der Waals surface area contributed by atoms with Crippen molar-refractivity contribution in [3.63, 3.8) is 0 Å². The van der Waals surface area contributed by atoms with Gasteiger partial charge in [-0.3, -0.25) is 0 Å². The van der Waals surface area contributed by atoms with Gasteiger partial charge in [0.2, 0.25) is 0 Å². The summed E-state index contributed by atoms with van der Waals surface area (Å²) < 4.78 is 5.30. The number of halogens is 1. The molecule has 171 valence electrons. The Morgan fingerprint density at radius 2 is 0.900 bits per heavy atom.